The van der Waals surface area contributed by atoms with Gasteiger partial charge in [0, 0.05) is 24.3 Å². The lowest BCUT2D eigenvalue weighted by Gasteiger charge is -2.22. The summed E-state index contributed by atoms with van der Waals surface area (Å²) in [5.41, 5.74) is 2.53. The van der Waals surface area contributed by atoms with Gasteiger partial charge in [0.1, 0.15) is 11.5 Å². The van der Waals surface area contributed by atoms with Crippen molar-refractivity contribution in [2.45, 2.75) is 40.3 Å². The van der Waals surface area contributed by atoms with Crippen LogP contribution in [0, 0.1) is 6.92 Å². The van der Waals surface area contributed by atoms with Crippen molar-refractivity contribution in [2.75, 3.05) is 18.0 Å². The van der Waals surface area contributed by atoms with Crippen molar-refractivity contribution in [3.63, 3.8) is 0 Å². The Morgan fingerprint density at radius 2 is 1.90 bits per heavy atom. The number of hydrogen-bond acceptors (Lipinski definition) is 3. The number of furan rings is 1. The summed E-state index contributed by atoms with van der Waals surface area (Å²) in [6, 6.07) is 12.7. The van der Waals surface area contributed by atoms with Crippen LogP contribution in [0.3, 0.4) is 0 Å². The minimum atomic E-state index is 0.812. The van der Waals surface area contributed by atoms with Crippen LogP contribution in [0.1, 0.15) is 37.4 Å². The second-order valence-corrected chi connectivity index (χ2v) is 5.32. The van der Waals surface area contributed by atoms with Gasteiger partial charge in [0.15, 0.2) is 0 Å². The van der Waals surface area contributed by atoms with E-state index in [1.54, 1.807) is 0 Å². The fraction of sp³-hybridized carbons (Fsp3) is 0.444. The zero-order valence-corrected chi connectivity index (χ0v) is 13.4. The lowest BCUT2D eigenvalue weighted by molar-refractivity contribution is 0.460. The summed E-state index contributed by atoms with van der Waals surface area (Å²) in [4.78, 5) is 2.36. The van der Waals surface area contributed by atoms with Gasteiger partial charge in [0.2, 0.25) is 0 Å². The predicted octanol–water partition coefficient (Wildman–Crippen LogP) is 4.11. The van der Waals surface area contributed by atoms with Gasteiger partial charge in [-0.1, -0.05) is 25.1 Å². The molecule has 0 aliphatic rings. The topological polar surface area (TPSA) is 28.4 Å². The lowest BCUT2D eigenvalue weighted by atomic mass is 10.2. The van der Waals surface area contributed by atoms with Crippen molar-refractivity contribution in [3.8, 4) is 0 Å². The third-order valence-corrected chi connectivity index (χ3v) is 3.66. The molecule has 1 N–H and O–H groups in total. The average molecular weight is 286 g/mol. The van der Waals surface area contributed by atoms with Crippen LogP contribution in [0.4, 0.5) is 5.69 Å². The minimum absolute atomic E-state index is 0.812. The quantitative estimate of drug-likeness (QED) is 0.740. The Labute approximate surface area is 128 Å². The molecule has 0 atom stereocenters. The Hall–Kier alpha value is -1.74. The van der Waals surface area contributed by atoms with Gasteiger partial charge >= 0.3 is 0 Å². The zero-order valence-electron chi connectivity index (χ0n) is 13.4. The molecule has 3 heteroatoms. The van der Waals surface area contributed by atoms with E-state index >= 15 is 0 Å². The van der Waals surface area contributed by atoms with Gasteiger partial charge in [-0.2, -0.15) is 0 Å². The Morgan fingerprint density at radius 1 is 1.14 bits per heavy atom. The molecule has 1 aromatic carbocycles. The van der Waals surface area contributed by atoms with Gasteiger partial charge in [-0.25, -0.2) is 0 Å². The Morgan fingerprint density at radius 3 is 2.57 bits per heavy atom. The molecule has 3 nitrogen and oxygen atoms in total. The number of nitrogens with zero attached hydrogens (tertiary/aromatic N) is 1. The fourth-order valence-electron chi connectivity index (χ4n) is 2.45. The first kappa shape index (κ1) is 15.6. The summed E-state index contributed by atoms with van der Waals surface area (Å²) in [5.74, 6) is 2.05. The van der Waals surface area contributed by atoms with Crippen LogP contribution in [0.15, 0.2) is 40.8 Å². The molecule has 0 amide bonds. The molecule has 114 valence electrons. The van der Waals surface area contributed by atoms with Crippen LogP contribution in [-0.2, 0) is 13.1 Å². The molecule has 0 saturated heterocycles. The van der Waals surface area contributed by atoms with Crippen molar-refractivity contribution in [1.29, 1.82) is 0 Å². The van der Waals surface area contributed by atoms with Crippen LogP contribution < -0.4 is 10.2 Å². The predicted molar refractivity (Wildman–Crippen MR) is 88.6 cm³/mol. The monoisotopic (exact) mass is 286 g/mol. The van der Waals surface area contributed by atoms with E-state index in [1.807, 2.05) is 0 Å². The van der Waals surface area contributed by atoms with Crippen molar-refractivity contribution >= 4 is 5.69 Å². The van der Waals surface area contributed by atoms with Crippen LogP contribution in [-0.4, -0.2) is 13.1 Å². The van der Waals surface area contributed by atoms with Gasteiger partial charge in [0.05, 0.1) is 6.54 Å². The maximum atomic E-state index is 5.85. The molecule has 1 heterocycles. The van der Waals surface area contributed by atoms with E-state index in [9.17, 15) is 0 Å². The Bertz CT molecular complexity index is 533. The van der Waals surface area contributed by atoms with Gasteiger partial charge in [-0.15, -0.1) is 0 Å². The molecule has 0 spiro atoms. The summed E-state index contributed by atoms with van der Waals surface area (Å²) in [6.07, 6.45) is 1.14. The van der Waals surface area contributed by atoms with E-state index in [0.717, 1.165) is 44.1 Å². The minimum Gasteiger partial charge on any atom is -0.465 e. The molecule has 0 saturated carbocycles. The first-order valence-electron chi connectivity index (χ1n) is 7.83. The van der Waals surface area contributed by atoms with Gasteiger partial charge < -0.3 is 14.6 Å². The molecule has 0 fully saturated rings. The molecular weight excluding hydrogens is 260 g/mol. The second-order valence-electron chi connectivity index (χ2n) is 5.32. The van der Waals surface area contributed by atoms with E-state index in [-0.39, 0.29) is 0 Å². The molecule has 2 rings (SSSR count). The SMILES string of the molecule is CCCNCc1cc(CN(CC)c2ccccc2)c(C)o1. The van der Waals surface area contributed by atoms with E-state index in [4.69, 9.17) is 4.42 Å². The lowest BCUT2D eigenvalue weighted by Crippen LogP contribution is -2.21. The smallest absolute Gasteiger partial charge is 0.118 e. The molecule has 1 aromatic heterocycles. The van der Waals surface area contributed by atoms with E-state index in [2.05, 4.69) is 67.4 Å². The van der Waals surface area contributed by atoms with Crippen LogP contribution in [0.25, 0.3) is 0 Å². The number of anilines is 1. The zero-order chi connectivity index (χ0) is 15.1. The normalized spacial score (nSPS) is 10.8. The fourth-order valence-corrected chi connectivity index (χ4v) is 2.45. The third-order valence-electron chi connectivity index (χ3n) is 3.66. The summed E-state index contributed by atoms with van der Waals surface area (Å²) in [6.45, 7) is 10.1. The number of benzene rings is 1. The summed E-state index contributed by atoms with van der Waals surface area (Å²) >= 11 is 0. The average Bonchev–Trinajstić information content (AvgIpc) is 2.86. The summed E-state index contributed by atoms with van der Waals surface area (Å²) < 4.78 is 5.85. The van der Waals surface area contributed by atoms with Crippen molar-refractivity contribution in [2.24, 2.45) is 0 Å². The van der Waals surface area contributed by atoms with E-state index in [1.165, 1.54) is 11.3 Å². The number of hydrogen-bond donors (Lipinski definition) is 1. The highest BCUT2D eigenvalue weighted by molar-refractivity contribution is 5.46. The van der Waals surface area contributed by atoms with Crippen molar-refractivity contribution in [3.05, 3.63) is 53.5 Å². The molecule has 0 unspecified atom stereocenters. The van der Waals surface area contributed by atoms with Crippen LogP contribution in [0.5, 0.6) is 0 Å². The highest BCUT2D eigenvalue weighted by Crippen LogP contribution is 2.21. The number of aryl methyl sites for hydroxylation is 1. The van der Waals surface area contributed by atoms with Gasteiger partial charge in [0.25, 0.3) is 0 Å². The third kappa shape index (κ3) is 4.36. The number of para-hydroxylation sites is 1. The summed E-state index contributed by atoms with van der Waals surface area (Å²) in [5, 5.41) is 3.38. The molecular formula is C18H26N2O. The summed E-state index contributed by atoms with van der Waals surface area (Å²) in [7, 11) is 0. The standard InChI is InChI=1S/C18H26N2O/c1-4-11-19-13-18-12-16(15(3)21-18)14-20(5-2)17-9-7-6-8-10-17/h6-10,12,19H,4-5,11,13-14H2,1-3H3. The van der Waals surface area contributed by atoms with Gasteiger partial charge in [-0.05, 0) is 45.0 Å². The molecule has 2 aromatic rings. The van der Waals surface area contributed by atoms with Crippen LogP contribution in [0.2, 0.25) is 0 Å². The number of rotatable bonds is 8. The largest absolute Gasteiger partial charge is 0.465 e. The Balaban J connectivity index is 2.04. The Kier molecular flexibility index (Phi) is 5.88. The second kappa shape index (κ2) is 7.89. The van der Waals surface area contributed by atoms with E-state index in [0.29, 0.717) is 0 Å². The maximum absolute atomic E-state index is 5.85. The first-order valence-corrected chi connectivity index (χ1v) is 7.83. The molecule has 0 aliphatic heterocycles. The van der Waals surface area contributed by atoms with Crippen LogP contribution >= 0.6 is 0 Å². The van der Waals surface area contributed by atoms with E-state index < -0.39 is 0 Å². The molecule has 0 radical (unpaired) electrons. The molecule has 0 aliphatic carbocycles. The number of nitrogens with one attached hydrogen (secondary N) is 1. The van der Waals surface area contributed by atoms with Crippen molar-refractivity contribution < 1.29 is 4.42 Å². The highest BCUT2D eigenvalue weighted by atomic mass is 16.3. The van der Waals surface area contributed by atoms with Crippen molar-refractivity contribution in [1.82, 2.24) is 5.32 Å². The maximum Gasteiger partial charge on any atom is 0.118 e. The molecule has 21 heavy (non-hydrogen) atoms. The van der Waals surface area contributed by atoms with Gasteiger partial charge in [-0.3, -0.25) is 0 Å². The highest BCUT2D eigenvalue weighted by Gasteiger charge is 2.11. The first-order chi connectivity index (χ1) is 10.2. The molecule has 0 bridgehead atoms.